The molecular formula is C12H15BrN2O2. The Kier molecular flexibility index (Phi) is 5.31. The first kappa shape index (κ1) is 13.9. The molecule has 0 aliphatic carbocycles. The first-order valence-electron chi connectivity index (χ1n) is 5.31. The number of halogens is 1. The summed E-state index contributed by atoms with van der Waals surface area (Å²) < 4.78 is 0.722. The Balaban J connectivity index is 2.71. The minimum absolute atomic E-state index is 0.104. The number of nitrogens with one attached hydrogen (secondary N) is 1. The van der Waals surface area contributed by atoms with Crippen LogP contribution in [0, 0.1) is 10.1 Å². The maximum atomic E-state index is 10.7. The molecule has 0 radical (unpaired) electrons. The maximum absolute atomic E-state index is 10.7. The van der Waals surface area contributed by atoms with Crippen LogP contribution in [-0.4, -0.2) is 11.0 Å². The largest absolute Gasteiger partial charge is 0.310 e. The van der Waals surface area contributed by atoms with Gasteiger partial charge >= 0.3 is 0 Å². The van der Waals surface area contributed by atoms with Crippen molar-refractivity contribution in [2.45, 2.75) is 25.9 Å². The zero-order valence-electron chi connectivity index (χ0n) is 9.65. The van der Waals surface area contributed by atoms with Gasteiger partial charge in [0.2, 0.25) is 0 Å². The molecule has 4 nitrogen and oxygen atoms in total. The number of nitrogens with zero attached hydrogens (tertiary/aromatic N) is 1. The van der Waals surface area contributed by atoms with Crippen molar-refractivity contribution in [1.29, 1.82) is 0 Å². The Hall–Kier alpha value is -1.20. The summed E-state index contributed by atoms with van der Waals surface area (Å²) in [6, 6.07) is 5.26. The molecule has 0 bridgehead atoms. The second kappa shape index (κ2) is 6.51. The molecule has 1 aromatic carbocycles. The summed E-state index contributed by atoms with van der Waals surface area (Å²) in [6.45, 7) is 6.33. The molecule has 0 heterocycles. The van der Waals surface area contributed by atoms with Crippen LogP contribution in [0.5, 0.6) is 0 Å². The van der Waals surface area contributed by atoms with E-state index >= 15 is 0 Å². The van der Waals surface area contributed by atoms with E-state index in [9.17, 15) is 10.1 Å². The molecule has 0 saturated heterocycles. The van der Waals surface area contributed by atoms with Crippen LogP contribution in [0.25, 0.3) is 0 Å². The maximum Gasteiger partial charge on any atom is 0.270 e. The second-order valence-corrected chi connectivity index (χ2v) is 4.80. The van der Waals surface area contributed by atoms with E-state index in [0.29, 0.717) is 12.6 Å². The molecule has 0 aliphatic heterocycles. The fourth-order valence-corrected chi connectivity index (χ4v) is 1.99. The molecule has 0 aliphatic rings. The van der Waals surface area contributed by atoms with Gasteiger partial charge in [0.15, 0.2) is 0 Å². The van der Waals surface area contributed by atoms with E-state index in [1.54, 1.807) is 6.07 Å². The molecule has 1 rings (SSSR count). The van der Waals surface area contributed by atoms with Crippen LogP contribution in [-0.2, 0) is 6.54 Å². The summed E-state index contributed by atoms with van der Waals surface area (Å²) >= 11 is 3.27. The van der Waals surface area contributed by atoms with E-state index in [0.717, 1.165) is 16.5 Å². The minimum Gasteiger partial charge on any atom is -0.310 e. The van der Waals surface area contributed by atoms with Crippen molar-refractivity contribution in [3.63, 3.8) is 0 Å². The Morgan fingerprint density at radius 3 is 2.88 bits per heavy atom. The molecule has 1 aromatic rings. The summed E-state index contributed by atoms with van der Waals surface area (Å²) in [7, 11) is 0. The number of hydrogen-bond donors (Lipinski definition) is 1. The first-order valence-corrected chi connectivity index (χ1v) is 6.10. The summed E-state index contributed by atoms with van der Waals surface area (Å²) in [5, 5.41) is 14.0. The Morgan fingerprint density at radius 1 is 1.59 bits per heavy atom. The number of benzene rings is 1. The summed E-state index contributed by atoms with van der Waals surface area (Å²) in [5.74, 6) is 0. The monoisotopic (exact) mass is 298 g/mol. The van der Waals surface area contributed by atoms with Crippen molar-refractivity contribution in [1.82, 2.24) is 5.32 Å². The van der Waals surface area contributed by atoms with E-state index in [1.807, 2.05) is 19.1 Å². The average Bonchev–Trinajstić information content (AvgIpc) is 2.26. The van der Waals surface area contributed by atoms with E-state index in [-0.39, 0.29) is 10.6 Å². The molecule has 92 valence electrons. The van der Waals surface area contributed by atoms with Gasteiger partial charge in [-0.25, -0.2) is 0 Å². The van der Waals surface area contributed by atoms with Crippen LogP contribution >= 0.6 is 15.9 Å². The van der Waals surface area contributed by atoms with Crippen molar-refractivity contribution in [3.8, 4) is 0 Å². The number of non-ortho nitro benzene ring substituents is 1. The topological polar surface area (TPSA) is 55.2 Å². The van der Waals surface area contributed by atoms with Crippen molar-refractivity contribution in [2.75, 3.05) is 0 Å². The van der Waals surface area contributed by atoms with E-state index in [2.05, 4.69) is 27.8 Å². The van der Waals surface area contributed by atoms with Gasteiger partial charge in [0.1, 0.15) is 0 Å². The van der Waals surface area contributed by atoms with Crippen LogP contribution in [0.4, 0.5) is 5.69 Å². The van der Waals surface area contributed by atoms with Gasteiger partial charge in [0.05, 0.1) is 4.92 Å². The normalized spacial score (nSPS) is 12.1. The molecule has 1 N–H and O–H groups in total. The van der Waals surface area contributed by atoms with Crippen LogP contribution in [0.2, 0.25) is 0 Å². The Labute approximate surface area is 109 Å². The molecule has 1 atom stereocenters. The van der Waals surface area contributed by atoms with Gasteiger partial charge in [-0.1, -0.05) is 22.0 Å². The number of nitro groups is 1. The molecule has 5 heteroatoms. The molecule has 0 aromatic heterocycles. The quantitative estimate of drug-likeness (QED) is 0.497. The lowest BCUT2D eigenvalue weighted by molar-refractivity contribution is -0.385. The molecular weight excluding hydrogens is 284 g/mol. The molecule has 0 amide bonds. The van der Waals surface area contributed by atoms with Gasteiger partial charge in [0.25, 0.3) is 5.69 Å². The van der Waals surface area contributed by atoms with Crippen molar-refractivity contribution >= 4 is 21.6 Å². The van der Waals surface area contributed by atoms with Gasteiger partial charge < -0.3 is 5.32 Å². The third-order valence-corrected chi connectivity index (χ3v) is 2.79. The van der Waals surface area contributed by atoms with Crippen molar-refractivity contribution in [2.24, 2.45) is 0 Å². The zero-order chi connectivity index (χ0) is 12.8. The van der Waals surface area contributed by atoms with Crippen LogP contribution in [0.3, 0.4) is 0 Å². The number of hydrogen-bond acceptors (Lipinski definition) is 3. The van der Waals surface area contributed by atoms with Gasteiger partial charge in [-0.05, 0) is 25.0 Å². The van der Waals surface area contributed by atoms with Crippen LogP contribution in [0.1, 0.15) is 18.9 Å². The smallest absolute Gasteiger partial charge is 0.270 e. The van der Waals surface area contributed by atoms with E-state index in [4.69, 9.17) is 0 Å². The summed E-state index contributed by atoms with van der Waals surface area (Å²) in [5.41, 5.74) is 0.995. The number of nitro benzene ring substituents is 1. The fourth-order valence-electron chi connectivity index (χ4n) is 1.47. The Morgan fingerprint density at radius 2 is 2.29 bits per heavy atom. The highest BCUT2D eigenvalue weighted by Gasteiger charge is 2.09. The van der Waals surface area contributed by atoms with Crippen LogP contribution in [0.15, 0.2) is 35.3 Å². The summed E-state index contributed by atoms with van der Waals surface area (Å²) in [4.78, 5) is 10.3. The highest BCUT2D eigenvalue weighted by atomic mass is 79.9. The van der Waals surface area contributed by atoms with Gasteiger partial charge in [-0.2, -0.15) is 0 Å². The first-order chi connectivity index (χ1) is 8.02. The third kappa shape index (κ3) is 4.66. The van der Waals surface area contributed by atoms with Gasteiger partial charge in [0, 0.05) is 29.2 Å². The molecule has 0 saturated carbocycles. The molecule has 1 unspecified atom stereocenters. The zero-order valence-corrected chi connectivity index (χ0v) is 11.2. The van der Waals surface area contributed by atoms with E-state index in [1.165, 1.54) is 6.07 Å². The summed E-state index contributed by atoms with van der Waals surface area (Å²) in [6.07, 6.45) is 2.72. The predicted octanol–water partition coefficient (Wildman–Crippen LogP) is 3.41. The Bertz CT molecular complexity index is 421. The molecule has 0 fully saturated rings. The molecule has 17 heavy (non-hydrogen) atoms. The van der Waals surface area contributed by atoms with Gasteiger partial charge in [-0.3, -0.25) is 10.1 Å². The highest BCUT2D eigenvalue weighted by Crippen LogP contribution is 2.21. The number of rotatable bonds is 6. The van der Waals surface area contributed by atoms with Crippen molar-refractivity contribution < 1.29 is 4.92 Å². The average molecular weight is 299 g/mol. The minimum atomic E-state index is -0.387. The highest BCUT2D eigenvalue weighted by molar-refractivity contribution is 9.10. The fraction of sp³-hybridized carbons (Fsp3) is 0.333. The lowest BCUT2D eigenvalue weighted by Gasteiger charge is -2.11. The lowest BCUT2D eigenvalue weighted by Crippen LogP contribution is -2.24. The van der Waals surface area contributed by atoms with Crippen LogP contribution < -0.4 is 5.32 Å². The van der Waals surface area contributed by atoms with Crippen molar-refractivity contribution in [3.05, 3.63) is 51.0 Å². The molecule has 0 spiro atoms. The lowest BCUT2D eigenvalue weighted by atomic mass is 10.1. The third-order valence-electron chi connectivity index (χ3n) is 2.33. The van der Waals surface area contributed by atoms with E-state index < -0.39 is 0 Å². The standard InChI is InChI=1S/C12H15BrN2O2/c1-3-4-9(2)14-8-10-5-11(13)7-12(6-10)15(16)17/h3,5-7,9,14H,1,4,8H2,2H3. The predicted molar refractivity (Wildman–Crippen MR) is 71.9 cm³/mol. The van der Waals surface area contributed by atoms with Gasteiger partial charge in [-0.15, -0.1) is 6.58 Å². The second-order valence-electron chi connectivity index (χ2n) is 3.88. The SMILES string of the molecule is C=CCC(C)NCc1cc(Br)cc([N+](=O)[O-])c1.